The van der Waals surface area contributed by atoms with Gasteiger partial charge in [0.1, 0.15) is 0 Å². The quantitative estimate of drug-likeness (QED) is 0.859. The molecule has 21 heavy (non-hydrogen) atoms. The Labute approximate surface area is 134 Å². The number of rotatable bonds is 3. The Morgan fingerprint density at radius 2 is 1.81 bits per heavy atom. The maximum Gasteiger partial charge on any atom is 0.296 e. The van der Waals surface area contributed by atoms with Gasteiger partial charge in [-0.25, -0.2) is 0 Å². The SMILES string of the molecule is O=C(C#Cc1ccccc1)NCCc1ccc(Cl)c(Cl)c1. The van der Waals surface area contributed by atoms with Gasteiger partial charge in [0.05, 0.1) is 10.0 Å². The highest BCUT2D eigenvalue weighted by Crippen LogP contribution is 2.22. The van der Waals surface area contributed by atoms with E-state index in [0.717, 1.165) is 11.1 Å². The number of benzene rings is 2. The molecule has 2 nitrogen and oxygen atoms in total. The minimum absolute atomic E-state index is 0.293. The summed E-state index contributed by atoms with van der Waals surface area (Å²) in [7, 11) is 0. The van der Waals surface area contributed by atoms with Crippen LogP contribution < -0.4 is 5.32 Å². The predicted octanol–water partition coefficient (Wildman–Crippen LogP) is 3.70. The van der Waals surface area contributed by atoms with Gasteiger partial charge in [0.25, 0.3) is 5.91 Å². The molecule has 0 saturated heterocycles. The van der Waals surface area contributed by atoms with Crippen molar-refractivity contribution in [2.24, 2.45) is 0 Å². The summed E-state index contributed by atoms with van der Waals surface area (Å²) in [5.41, 5.74) is 1.83. The maximum absolute atomic E-state index is 11.6. The molecule has 0 aliphatic carbocycles. The molecule has 2 aromatic rings. The second kappa shape index (κ2) is 7.73. The minimum atomic E-state index is -0.293. The zero-order valence-electron chi connectivity index (χ0n) is 11.2. The zero-order chi connectivity index (χ0) is 15.1. The molecule has 0 aliphatic rings. The predicted molar refractivity (Wildman–Crippen MR) is 86.5 cm³/mol. The van der Waals surface area contributed by atoms with Crippen LogP contribution in [0.15, 0.2) is 48.5 Å². The maximum atomic E-state index is 11.6. The largest absolute Gasteiger partial charge is 0.345 e. The Kier molecular flexibility index (Phi) is 5.68. The van der Waals surface area contributed by atoms with E-state index >= 15 is 0 Å². The average molecular weight is 318 g/mol. The van der Waals surface area contributed by atoms with E-state index in [1.165, 1.54) is 0 Å². The van der Waals surface area contributed by atoms with Gasteiger partial charge in [-0.05, 0) is 36.2 Å². The van der Waals surface area contributed by atoms with Crippen molar-refractivity contribution in [2.45, 2.75) is 6.42 Å². The van der Waals surface area contributed by atoms with Gasteiger partial charge in [-0.3, -0.25) is 4.79 Å². The summed E-state index contributed by atoms with van der Waals surface area (Å²) in [5, 5.41) is 3.79. The van der Waals surface area contributed by atoms with E-state index in [-0.39, 0.29) is 5.91 Å². The number of nitrogens with one attached hydrogen (secondary N) is 1. The molecule has 0 fully saturated rings. The van der Waals surface area contributed by atoms with Crippen molar-refractivity contribution in [2.75, 3.05) is 6.54 Å². The topological polar surface area (TPSA) is 29.1 Å². The second-order valence-electron chi connectivity index (χ2n) is 4.37. The first-order valence-electron chi connectivity index (χ1n) is 6.44. The molecular formula is C17H13Cl2NO. The number of amides is 1. The highest BCUT2D eigenvalue weighted by atomic mass is 35.5. The van der Waals surface area contributed by atoms with Crippen LogP contribution in [0.1, 0.15) is 11.1 Å². The molecular weight excluding hydrogens is 305 g/mol. The monoisotopic (exact) mass is 317 g/mol. The van der Waals surface area contributed by atoms with E-state index in [4.69, 9.17) is 23.2 Å². The van der Waals surface area contributed by atoms with E-state index in [2.05, 4.69) is 17.2 Å². The van der Waals surface area contributed by atoms with E-state index < -0.39 is 0 Å². The lowest BCUT2D eigenvalue weighted by Crippen LogP contribution is -2.24. The summed E-state index contributed by atoms with van der Waals surface area (Å²) in [4.78, 5) is 11.6. The van der Waals surface area contributed by atoms with Gasteiger partial charge in [0.15, 0.2) is 0 Å². The molecule has 4 heteroatoms. The summed E-state index contributed by atoms with van der Waals surface area (Å²) >= 11 is 11.8. The molecule has 0 heterocycles. The van der Waals surface area contributed by atoms with Crippen molar-refractivity contribution in [3.63, 3.8) is 0 Å². The molecule has 0 saturated carbocycles. The number of hydrogen-bond acceptors (Lipinski definition) is 1. The molecule has 0 aromatic heterocycles. The molecule has 0 spiro atoms. The fourth-order valence-electron chi connectivity index (χ4n) is 1.71. The van der Waals surface area contributed by atoms with Crippen molar-refractivity contribution in [1.82, 2.24) is 5.32 Å². The number of carbonyl (C=O) groups is 1. The van der Waals surface area contributed by atoms with Crippen LogP contribution in [0.25, 0.3) is 0 Å². The summed E-state index contributed by atoms with van der Waals surface area (Å²) in [6, 6.07) is 14.8. The normalized spacial score (nSPS) is 9.62. The minimum Gasteiger partial charge on any atom is -0.345 e. The Hall–Kier alpha value is -1.95. The highest BCUT2D eigenvalue weighted by Gasteiger charge is 2.00. The molecule has 1 N–H and O–H groups in total. The Morgan fingerprint density at radius 1 is 1.05 bits per heavy atom. The number of carbonyl (C=O) groups excluding carboxylic acids is 1. The first-order chi connectivity index (χ1) is 10.1. The van der Waals surface area contributed by atoms with Crippen LogP contribution in [-0.4, -0.2) is 12.5 Å². The molecule has 0 atom stereocenters. The van der Waals surface area contributed by atoms with Gasteiger partial charge >= 0.3 is 0 Å². The second-order valence-corrected chi connectivity index (χ2v) is 5.18. The molecule has 0 unspecified atom stereocenters. The Morgan fingerprint density at radius 3 is 2.52 bits per heavy atom. The van der Waals surface area contributed by atoms with Gasteiger partial charge in [0, 0.05) is 18.0 Å². The van der Waals surface area contributed by atoms with E-state index in [1.54, 1.807) is 12.1 Å². The van der Waals surface area contributed by atoms with Crippen LogP contribution >= 0.6 is 23.2 Å². The summed E-state index contributed by atoms with van der Waals surface area (Å²) in [6.45, 7) is 0.500. The highest BCUT2D eigenvalue weighted by molar-refractivity contribution is 6.42. The molecule has 0 bridgehead atoms. The van der Waals surface area contributed by atoms with Crippen molar-refractivity contribution in [3.8, 4) is 11.8 Å². The van der Waals surface area contributed by atoms with Crippen molar-refractivity contribution >= 4 is 29.1 Å². The summed E-state index contributed by atoms with van der Waals surface area (Å²) < 4.78 is 0. The third-order valence-corrected chi connectivity index (χ3v) is 3.52. The van der Waals surface area contributed by atoms with Gasteiger partial charge in [-0.2, -0.15) is 0 Å². The third kappa shape index (κ3) is 5.15. The van der Waals surface area contributed by atoms with Crippen molar-refractivity contribution < 1.29 is 4.79 Å². The fourth-order valence-corrected chi connectivity index (χ4v) is 2.03. The Balaban J connectivity index is 1.82. The molecule has 2 rings (SSSR count). The molecule has 0 radical (unpaired) electrons. The molecule has 0 aliphatic heterocycles. The van der Waals surface area contributed by atoms with Crippen LogP contribution in [0.5, 0.6) is 0 Å². The zero-order valence-corrected chi connectivity index (χ0v) is 12.7. The standard InChI is InChI=1S/C17H13Cl2NO/c18-15-8-6-14(12-16(15)19)10-11-20-17(21)9-7-13-4-2-1-3-5-13/h1-6,8,12H,10-11H2,(H,20,21). The molecule has 2 aromatic carbocycles. The van der Waals surface area contributed by atoms with E-state index in [9.17, 15) is 4.79 Å². The van der Waals surface area contributed by atoms with Gasteiger partial charge < -0.3 is 5.32 Å². The van der Waals surface area contributed by atoms with Crippen LogP contribution in [0, 0.1) is 11.8 Å². The summed E-state index contributed by atoms with van der Waals surface area (Å²) in [5.74, 6) is 5.07. The summed E-state index contributed by atoms with van der Waals surface area (Å²) in [6.07, 6.45) is 0.676. The van der Waals surface area contributed by atoms with Crippen LogP contribution in [0.3, 0.4) is 0 Å². The lowest BCUT2D eigenvalue weighted by atomic mass is 10.1. The molecule has 1 amide bonds. The van der Waals surface area contributed by atoms with Gasteiger partial charge in [-0.15, -0.1) is 0 Å². The fraction of sp³-hybridized carbons (Fsp3) is 0.118. The number of hydrogen-bond donors (Lipinski definition) is 1. The lowest BCUT2D eigenvalue weighted by Gasteiger charge is -2.03. The average Bonchev–Trinajstić information content (AvgIpc) is 2.50. The lowest BCUT2D eigenvalue weighted by molar-refractivity contribution is -0.115. The first kappa shape index (κ1) is 15.4. The van der Waals surface area contributed by atoms with E-state index in [1.807, 2.05) is 36.4 Å². The number of halogens is 2. The Bertz CT molecular complexity index is 687. The van der Waals surface area contributed by atoms with E-state index in [0.29, 0.717) is 23.0 Å². The third-order valence-electron chi connectivity index (χ3n) is 2.78. The molecule has 106 valence electrons. The van der Waals surface area contributed by atoms with Crippen LogP contribution in [0.4, 0.5) is 0 Å². The first-order valence-corrected chi connectivity index (χ1v) is 7.19. The van der Waals surface area contributed by atoms with Crippen LogP contribution in [0.2, 0.25) is 10.0 Å². The van der Waals surface area contributed by atoms with Crippen LogP contribution in [-0.2, 0) is 11.2 Å². The smallest absolute Gasteiger partial charge is 0.296 e. The van der Waals surface area contributed by atoms with Gasteiger partial charge in [0.2, 0.25) is 0 Å². The van der Waals surface area contributed by atoms with Gasteiger partial charge in [-0.1, -0.05) is 53.4 Å². The van der Waals surface area contributed by atoms with Crippen molar-refractivity contribution in [3.05, 3.63) is 69.7 Å². The van der Waals surface area contributed by atoms with Crippen molar-refractivity contribution in [1.29, 1.82) is 0 Å².